The maximum Gasteiger partial charge on any atom is 0.255 e. The smallest absolute Gasteiger partial charge is 0.255 e. The molecule has 2 amide bonds. The molecular weight excluding hydrogens is 296 g/mol. The minimum atomic E-state index is -0.181. The predicted molar refractivity (Wildman–Crippen MR) is 84.7 cm³/mol. The first kappa shape index (κ1) is 15.6. The van der Waals surface area contributed by atoms with Crippen LogP contribution in [0.5, 0.6) is 11.5 Å². The van der Waals surface area contributed by atoms with Gasteiger partial charge in [0, 0.05) is 25.1 Å². The van der Waals surface area contributed by atoms with E-state index in [0.717, 1.165) is 0 Å². The molecule has 0 spiro atoms. The molecule has 1 atom stereocenters. The lowest BCUT2D eigenvalue weighted by Gasteiger charge is -2.24. The number of rotatable bonds is 6. The highest BCUT2D eigenvalue weighted by Crippen LogP contribution is 2.31. The fourth-order valence-corrected chi connectivity index (χ4v) is 2.55. The first-order valence-corrected chi connectivity index (χ1v) is 8.04. The van der Waals surface area contributed by atoms with E-state index < -0.39 is 0 Å². The van der Waals surface area contributed by atoms with Crippen molar-refractivity contribution in [1.82, 2.24) is 10.6 Å². The van der Waals surface area contributed by atoms with Crippen LogP contribution in [0.1, 0.15) is 36.0 Å². The zero-order chi connectivity index (χ0) is 16.2. The van der Waals surface area contributed by atoms with E-state index >= 15 is 0 Å². The molecule has 1 saturated heterocycles. The first-order valence-electron chi connectivity index (χ1n) is 8.04. The highest BCUT2D eigenvalue weighted by molar-refractivity contribution is 5.97. The minimum Gasteiger partial charge on any atom is -0.497 e. The van der Waals surface area contributed by atoms with Gasteiger partial charge in [0.25, 0.3) is 5.91 Å². The third-order valence-corrected chi connectivity index (χ3v) is 4.21. The Morgan fingerprint density at radius 2 is 2.17 bits per heavy atom. The van der Waals surface area contributed by atoms with Crippen LogP contribution in [0.3, 0.4) is 0 Å². The standard InChI is InChI=1S/C17H22N2O4/c1-22-13-5-6-14(15(8-13)23-10-11-2-3-11)17(21)19-12-4-7-16(20)18-9-12/h5-6,8,11-12H,2-4,7,9-10H2,1H3,(H,18,20)(H,19,21)/t12-/m0/s1. The molecule has 2 fully saturated rings. The van der Waals surface area contributed by atoms with Crippen LogP contribution < -0.4 is 20.1 Å². The summed E-state index contributed by atoms with van der Waals surface area (Å²) in [6.07, 6.45) is 3.48. The van der Waals surface area contributed by atoms with Crippen LogP contribution in [-0.4, -0.2) is 38.1 Å². The van der Waals surface area contributed by atoms with E-state index in [1.54, 1.807) is 25.3 Å². The van der Waals surface area contributed by atoms with E-state index in [-0.39, 0.29) is 17.9 Å². The molecule has 0 radical (unpaired) electrons. The Kier molecular flexibility index (Phi) is 4.69. The molecule has 23 heavy (non-hydrogen) atoms. The largest absolute Gasteiger partial charge is 0.497 e. The Labute approximate surface area is 135 Å². The van der Waals surface area contributed by atoms with Gasteiger partial charge in [0.2, 0.25) is 5.91 Å². The van der Waals surface area contributed by atoms with Gasteiger partial charge in [0.1, 0.15) is 11.5 Å². The summed E-state index contributed by atoms with van der Waals surface area (Å²) < 4.78 is 11.0. The fourth-order valence-electron chi connectivity index (χ4n) is 2.55. The molecule has 0 aromatic heterocycles. The third kappa shape index (κ3) is 4.15. The lowest BCUT2D eigenvalue weighted by Crippen LogP contribution is -2.47. The van der Waals surface area contributed by atoms with Crippen molar-refractivity contribution in [3.63, 3.8) is 0 Å². The van der Waals surface area contributed by atoms with Gasteiger partial charge in [-0.15, -0.1) is 0 Å². The van der Waals surface area contributed by atoms with Crippen LogP contribution in [0.2, 0.25) is 0 Å². The molecule has 1 saturated carbocycles. The van der Waals surface area contributed by atoms with Gasteiger partial charge in [0.15, 0.2) is 0 Å². The van der Waals surface area contributed by atoms with Gasteiger partial charge >= 0.3 is 0 Å². The molecule has 6 nitrogen and oxygen atoms in total. The van der Waals surface area contributed by atoms with Gasteiger partial charge in [-0.3, -0.25) is 9.59 Å². The number of ether oxygens (including phenoxy) is 2. The molecule has 1 aliphatic heterocycles. The maximum absolute atomic E-state index is 12.5. The Morgan fingerprint density at radius 1 is 1.35 bits per heavy atom. The second kappa shape index (κ2) is 6.89. The molecule has 1 aliphatic carbocycles. The predicted octanol–water partition coefficient (Wildman–Crippen LogP) is 1.49. The maximum atomic E-state index is 12.5. The summed E-state index contributed by atoms with van der Waals surface area (Å²) in [4.78, 5) is 23.7. The van der Waals surface area contributed by atoms with Crippen LogP contribution in [-0.2, 0) is 4.79 Å². The van der Waals surface area contributed by atoms with Gasteiger partial charge in [-0.25, -0.2) is 0 Å². The van der Waals surface area contributed by atoms with E-state index in [9.17, 15) is 9.59 Å². The van der Waals surface area contributed by atoms with Gasteiger partial charge in [-0.2, -0.15) is 0 Å². The monoisotopic (exact) mass is 318 g/mol. The highest BCUT2D eigenvalue weighted by Gasteiger charge is 2.25. The van der Waals surface area contributed by atoms with Crippen LogP contribution in [0, 0.1) is 5.92 Å². The number of hydrogen-bond acceptors (Lipinski definition) is 4. The average molecular weight is 318 g/mol. The van der Waals surface area contributed by atoms with E-state index in [1.165, 1.54) is 12.8 Å². The molecule has 0 bridgehead atoms. The summed E-state index contributed by atoms with van der Waals surface area (Å²) in [5.74, 6) is 1.67. The summed E-state index contributed by atoms with van der Waals surface area (Å²) in [6.45, 7) is 1.10. The second-order valence-electron chi connectivity index (χ2n) is 6.13. The SMILES string of the molecule is COc1ccc(C(=O)N[C@H]2CCC(=O)NC2)c(OCC2CC2)c1. The quantitative estimate of drug-likeness (QED) is 0.833. The van der Waals surface area contributed by atoms with E-state index in [0.29, 0.717) is 49.0 Å². The second-order valence-corrected chi connectivity index (χ2v) is 6.13. The van der Waals surface area contributed by atoms with Crippen molar-refractivity contribution < 1.29 is 19.1 Å². The van der Waals surface area contributed by atoms with Crippen molar-refractivity contribution >= 4 is 11.8 Å². The first-order chi connectivity index (χ1) is 11.2. The molecule has 124 valence electrons. The average Bonchev–Trinajstić information content (AvgIpc) is 3.39. The number of hydrogen-bond donors (Lipinski definition) is 2. The summed E-state index contributed by atoms with van der Waals surface area (Å²) in [5, 5.41) is 5.73. The summed E-state index contributed by atoms with van der Waals surface area (Å²) in [7, 11) is 1.59. The lowest BCUT2D eigenvalue weighted by atomic mass is 10.1. The van der Waals surface area contributed by atoms with Gasteiger partial charge in [0.05, 0.1) is 19.3 Å². The zero-order valence-corrected chi connectivity index (χ0v) is 13.3. The molecular formula is C17H22N2O4. The molecule has 6 heteroatoms. The molecule has 2 aliphatic rings. The Morgan fingerprint density at radius 3 is 2.83 bits per heavy atom. The lowest BCUT2D eigenvalue weighted by molar-refractivity contribution is -0.122. The van der Waals surface area contributed by atoms with Gasteiger partial charge in [-0.1, -0.05) is 0 Å². The molecule has 1 aromatic rings. The van der Waals surface area contributed by atoms with Crippen molar-refractivity contribution in [3.05, 3.63) is 23.8 Å². The van der Waals surface area contributed by atoms with Gasteiger partial charge < -0.3 is 20.1 Å². The number of methoxy groups -OCH3 is 1. The Balaban J connectivity index is 1.68. The van der Waals surface area contributed by atoms with Crippen molar-refractivity contribution in [2.45, 2.75) is 31.7 Å². The van der Waals surface area contributed by atoms with E-state index in [4.69, 9.17) is 9.47 Å². The number of amides is 2. The van der Waals surface area contributed by atoms with Crippen molar-refractivity contribution in [1.29, 1.82) is 0 Å². The normalized spacial score (nSPS) is 20.6. The van der Waals surface area contributed by atoms with Crippen LogP contribution >= 0.6 is 0 Å². The topological polar surface area (TPSA) is 76.7 Å². The van der Waals surface area contributed by atoms with Crippen molar-refractivity contribution in [3.8, 4) is 11.5 Å². The number of nitrogens with one attached hydrogen (secondary N) is 2. The van der Waals surface area contributed by atoms with Crippen LogP contribution in [0.25, 0.3) is 0 Å². The number of piperidine rings is 1. The summed E-state index contributed by atoms with van der Waals surface area (Å²) in [6, 6.07) is 5.18. The third-order valence-electron chi connectivity index (χ3n) is 4.21. The molecule has 1 heterocycles. The molecule has 0 unspecified atom stereocenters. The Bertz CT molecular complexity index is 588. The number of carbonyl (C=O) groups is 2. The zero-order valence-electron chi connectivity index (χ0n) is 13.3. The number of carbonyl (C=O) groups excluding carboxylic acids is 2. The summed E-state index contributed by atoms with van der Waals surface area (Å²) in [5.41, 5.74) is 0.503. The highest BCUT2D eigenvalue weighted by atomic mass is 16.5. The molecule has 2 N–H and O–H groups in total. The minimum absolute atomic E-state index is 0.0356. The molecule has 1 aromatic carbocycles. The Hall–Kier alpha value is -2.24. The van der Waals surface area contributed by atoms with Gasteiger partial charge in [-0.05, 0) is 37.3 Å². The van der Waals surface area contributed by atoms with E-state index in [2.05, 4.69) is 10.6 Å². The van der Waals surface area contributed by atoms with Crippen molar-refractivity contribution in [2.24, 2.45) is 5.92 Å². The van der Waals surface area contributed by atoms with E-state index in [1.807, 2.05) is 0 Å². The number of benzene rings is 1. The summed E-state index contributed by atoms with van der Waals surface area (Å²) >= 11 is 0. The molecule has 3 rings (SSSR count). The van der Waals surface area contributed by atoms with Crippen LogP contribution in [0.15, 0.2) is 18.2 Å². The van der Waals surface area contributed by atoms with Crippen LogP contribution in [0.4, 0.5) is 0 Å². The van der Waals surface area contributed by atoms with Crippen molar-refractivity contribution in [2.75, 3.05) is 20.3 Å². The fraction of sp³-hybridized carbons (Fsp3) is 0.529.